The van der Waals surface area contributed by atoms with Gasteiger partial charge in [0.05, 0.1) is 0 Å². The molecule has 1 aromatic carbocycles. The van der Waals surface area contributed by atoms with Crippen LogP contribution in [0.4, 0.5) is 0 Å². The van der Waals surface area contributed by atoms with Crippen LogP contribution in [-0.2, 0) is 0 Å². The summed E-state index contributed by atoms with van der Waals surface area (Å²) in [6.45, 7) is 4.58. The summed E-state index contributed by atoms with van der Waals surface area (Å²) in [4.78, 5) is 1.38. The molecule has 0 bridgehead atoms. The third-order valence-corrected chi connectivity index (χ3v) is 3.97. The average Bonchev–Trinajstić information content (AvgIpc) is 3.01. The molecule has 0 heterocycles. The Labute approximate surface area is 90.4 Å². The molecule has 14 heavy (non-hydrogen) atoms. The third-order valence-electron chi connectivity index (χ3n) is 2.72. The maximum absolute atomic E-state index is 2.30. The molecule has 2 rings (SSSR count). The molecular formula is C13H16S. The molecule has 0 saturated heterocycles. The highest BCUT2D eigenvalue weighted by molar-refractivity contribution is 8.00. The first-order chi connectivity index (χ1) is 6.77. The molecule has 74 valence electrons. The van der Waals surface area contributed by atoms with E-state index in [0.717, 1.165) is 0 Å². The van der Waals surface area contributed by atoms with Gasteiger partial charge < -0.3 is 0 Å². The zero-order valence-electron chi connectivity index (χ0n) is 8.79. The van der Waals surface area contributed by atoms with E-state index >= 15 is 0 Å². The number of thioether (sulfide) groups is 1. The molecule has 1 aliphatic rings. The lowest BCUT2D eigenvalue weighted by Crippen LogP contribution is -1.97. The van der Waals surface area contributed by atoms with E-state index in [9.17, 15) is 0 Å². The van der Waals surface area contributed by atoms with Gasteiger partial charge in [-0.1, -0.05) is 29.3 Å². The predicted molar refractivity (Wildman–Crippen MR) is 63.7 cm³/mol. The summed E-state index contributed by atoms with van der Waals surface area (Å²) in [5, 5.41) is 0.634. The molecule has 1 atom stereocenters. The molecule has 0 aliphatic heterocycles. The zero-order chi connectivity index (χ0) is 9.97. The molecule has 1 aromatic rings. The summed E-state index contributed by atoms with van der Waals surface area (Å²) in [6, 6.07) is 10.7. The van der Waals surface area contributed by atoms with Crippen LogP contribution < -0.4 is 0 Å². The summed E-state index contributed by atoms with van der Waals surface area (Å²) in [5.41, 5.74) is 3.28. The Morgan fingerprint density at radius 2 is 1.86 bits per heavy atom. The number of benzene rings is 1. The van der Waals surface area contributed by atoms with Gasteiger partial charge in [0.2, 0.25) is 0 Å². The van der Waals surface area contributed by atoms with Gasteiger partial charge in [0.25, 0.3) is 0 Å². The molecule has 0 N–H and O–H groups in total. The second-order valence-electron chi connectivity index (χ2n) is 3.86. The van der Waals surface area contributed by atoms with Crippen LogP contribution in [0.25, 0.3) is 0 Å². The topological polar surface area (TPSA) is 0 Å². The van der Waals surface area contributed by atoms with Gasteiger partial charge in [-0.15, -0.1) is 11.8 Å². The maximum atomic E-state index is 2.30. The first kappa shape index (κ1) is 9.85. The van der Waals surface area contributed by atoms with Crippen LogP contribution in [0.1, 0.15) is 26.7 Å². The molecule has 0 amide bonds. The third kappa shape index (κ3) is 2.42. The molecule has 0 aromatic heterocycles. The Hall–Kier alpha value is -0.690. The number of allylic oxidation sites excluding steroid dienone is 1. The first-order valence-corrected chi connectivity index (χ1v) is 6.05. The standard InChI is InChI=1S/C13H16S/c1-10(12-8-9-12)11(2)14-13-6-4-3-5-7-13/h3-7,11H,8-9H2,1-2H3. The smallest absolute Gasteiger partial charge is 0.0275 e. The highest BCUT2D eigenvalue weighted by atomic mass is 32.2. The van der Waals surface area contributed by atoms with E-state index in [1.54, 1.807) is 11.1 Å². The lowest BCUT2D eigenvalue weighted by atomic mass is 10.2. The molecule has 0 spiro atoms. The molecule has 1 saturated carbocycles. The van der Waals surface area contributed by atoms with Crippen molar-refractivity contribution < 1.29 is 0 Å². The second kappa shape index (κ2) is 4.22. The van der Waals surface area contributed by atoms with Crippen LogP contribution in [0.15, 0.2) is 46.4 Å². The van der Waals surface area contributed by atoms with E-state index in [2.05, 4.69) is 44.2 Å². The van der Waals surface area contributed by atoms with Crippen molar-refractivity contribution in [2.75, 3.05) is 0 Å². The van der Waals surface area contributed by atoms with E-state index < -0.39 is 0 Å². The molecule has 1 heteroatoms. The fourth-order valence-corrected chi connectivity index (χ4v) is 2.60. The molecule has 1 unspecified atom stereocenters. The van der Waals surface area contributed by atoms with Crippen molar-refractivity contribution >= 4 is 11.8 Å². The summed E-state index contributed by atoms with van der Waals surface area (Å²) < 4.78 is 0. The van der Waals surface area contributed by atoms with E-state index in [-0.39, 0.29) is 0 Å². The van der Waals surface area contributed by atoms with Crippen molar-refractivity contribution in [2.24, 2.45) is 0 Å². The molecule has 1 fully saturated rings. The summed E-state index contributed by atoms with van der Waals surface area (Å²) in [7, 11) is 0. The van der Waals surface area contributed by atoms with Crippen molar-refractivity contribution in [3.05, 3.63) is 41.5 Å². The van der Waals surface area contributed by atoms with Crippen molar-refractivity contribution in [3.63, 3.8) is 0 Å². The fraction of sp³-hybridized carbons (Fsp3) is 0.385. The van der Waals surface area contributed by atoms with Gasteiger partial charge in [-0.3, -0.25) is 0 Å². The van der Waals surface area contributed by atoms with Crippen LogP contribution in [0.5, 0.6) is 0 Å². The quantitative estimate of drug-likeness (QED) is 0.523. The minimum Gasteiger partial charge on any atom is -0.119 e. The minimum absolute atomic E-state index is 0.634. The van der Waals surface area contributed by atoms with Crippen molar-refractivity contribution in [1.82, 2.24) is 0 Å². The van der Waals surface area contributed by atoms with E-state index in [1.165, 1.54) is 17.7 Å². The Balaban J connectivity index is 2.01. The largest absolute Gasteiger partial charge is 0.119 e. The normalized spacial score (nSPS) is 16.6. The van der Waals surface area contributed by atoms with Crippen LogP contribution in [0.3, 0.4) is 0 Å². The SMILES string of the molecule is CC(=C1CC1)C(C)Sc1ccccc1. The van der Waals surface area contributed by atoms with E-state index in [1.807, 2.05) is 11.8 Å². The summed E-state index contributed by atoms with van der Waals surface area (Å²) in [6.07, 6.45) is 2.68. The van der Waals surface area contributed by atoms with Gasteiger partial charge in [0.1, 0.15) is 0 Å². The highest BCUT2D eigenvalue weighted by Crippen LogP contribution is 2.37. The predicted octanol–water partition coefficient (Wildman–Crippen LogP) is 4.28. The van der Waals surface area contributed by atoms with Gasteiger partial charge in [-0.05, 0) is 38.8 Å². The van der Waals surface area contributed by atoms with Gasteiger partial charge in [-0.25, -0.2) is 0 Å². The Morgan fingerprint density at radius 3 is 2.43 bits per heavy atom. The number of rotatable bonds is 3. The maximum Gasteiger partial charge on any atom is 0.0275 e. The van der Waals surface area contributed by atoms with Crippen LogP contribution in [0, 0.1) is 0 Å². The number of hydrogen-bond acceptors (Lipinski definition) is 1. The minimum atomic E-state index is 0.634. The van der Waals surface area contributed by atoms with Gasteiger partial charge >= 0.3 is 0 Å². The summed E-state index contributed by atoms with van der Waals surface area (Å²) >= 11 is 1.96. The zero-order valence-corrected chi connectivity index (χ0v) is 9.60. The van der Waals surface area contributed by atoms with Crippen LogP contribution in [0.2, 0.25) is 0 Å². The Morgan fingerprint density at radius 1 is 1.21 bits per heavy atom. The van der Waals surface area contributed by atoms with Gasteiger partial charge in [-0.2, -0.15) is 0 Å². The molecular weight excluding hydrogens is 188 g/mol. The Bertz CT molecular complexity index is 332. The van der Waals surface area contributed by atoms with E-state index in [4.69, 9.17) is 0 Å². The van der Waals surface area contributed by atoms with Crippen molar-refractivity contribution in [2.45, 2.75) is 36.8 Å². The lowest BCUT2D eigenvalue weighted by Gasteiger charge is -2.11. The van der Waals surface area contributed by atoms with E-state index in [0.29, 0.717) is 5.25 Å². The van der Waals surface area contributed by atoms with Gasteiger partial charge in [0, 0.05) is 10.1 Å². The van der Waals surface area contributed by atoms with Crippen LogP contribution in [-0.4, -0.2) is 5.25 Å². The number of hydrogen-bond donors (Lipinski definition) is 0. The lowest BCUT2D eigenvalue weighted by molar-refractivity contribution is 1.10. The van der Waals surface area contributed by atoms with Crippen molar-refractivity contribution in [1.29, 1.82) is 0 Å². The van der Waals surface area contributed by atoms with Crippen molar-refractivity contribution in [3.8, 4) is 0 Å². The molecule has 0 nitrogen and oxygen atoms in total. The van der Waals surface area contributed by atoms with Gasteiger partial charge in [0.15, 0.2) is 0 Å². The summed E-state index contributed by atoms with van der Waals surface area (Å²) in [5.74, 6) is 0. The average molecular weight is 204 g/mol. The first-order valence-electron chi connectivity index (χ1n) is 5.17. The Kier molecular flexibility index (Phi) is 2.97. The molecule has 0 radical (unpaired) electrons. The highest BCUT2D eigenvalue weighted by Gasteiger charge is 2.18. The fourth-order valence-electron chi connectivity index (χ4n) is 1.54. The second-order valence-corrected chi connectivity index (χ2v) is 5.27. The molecule has 1 aliphatic carbocycles. The monoisotopic (exact) mass is 204 g/mol. The van der Waals surface area contributed by atoms with Crippen LogP contribution >= 0.6 is 11.8 Å².